The fraction of sp³-hybridized carbons (Fsp3) is 0.938. The molecule has 19 heavy (non-hydrogen) atoms. The Hall–Kier alpha value is -0.570. The Morgan fingerprint density at radius 2 is 2.16 bits per heavy atom. The van der Waals surface area contributed by atoms with E-state index in [1.807, 2.05) is 0 Å². The molecule has 0 saturated carbocycles. The minimum atomic E-state index is 0.254. The van der Waals surface area contributed by atoms with Crippen LogP contribution in [0.1, 0.15) is 65.2 Å². The predicted molar refractivity (Wildman–Crippen MR) is 81.1 cm³/mol. The van der Waals surface area contributed by atoms with Crippen LogP contribution < -0.4 is 10.6 Å². The van der Waals surface area contributed by atoms with E-state index >= 15 is 0 Å². The normalized spacial score (nSPS) is 20.4. The summed E-state index contributed by atoms with van der Waals surface area (Å²) in [7, 11) is 0. The van der Waals surface area contributed by atoms with Crippen LogP contribution in [-0.4, -0.2) is 25.5 Å². The van der Waals surface area contributed by atoms with E-state index in [9.17, 15) is 4.79 Å². The smallest absolute Gasteiger partial charge is 0.220 e. The number of carbonyl (C=O) groups is 1. The Morgan fingerprint density at radius 1 is 1.32 bits per heavy atom. The molecule has 2 atom stereocenters. The SMILES string of the molecule is CCCCC(CCC)CNC(=O)CCC1CCNC1. The van der Waals surface area contributed by atoms with Gasteiger partial charge in [-0.1, -0.05) is 33.1 Å². The molecule has 0 aromatic heterocycles. The van der Waals surface area contributed by atoms with Gasteiger partial charge in [-0.2, -0.15) is 0 Å². The number of amides is 1. The number of unbranched alkanes of at least 4 members (excludes halogenated alkanes) is 1. The zero-order valence-corrected chi connectivity index (χ0v) is 12.8. The molecule has 0 aliphatic carbocycles. The highest BCUT2D eigenvalue weighted by Gasteiger charge is 2.16. The highest BCUT2D eigenvalue weighted by molar-refractivity contribution is 5.75. The molecule has 2 N–H and O–H groups in total. The first-order chi connectivity index (χ1) is 9.26. The van der Waals surface area contributed by atoms with Gasteiger partial charge in [0.2, 0.25) is 5.91 Å². The van der Waals surface area contributed by atoms with E-state index in [4.69, 9.17) is 0 Å². The van der Waals surface area contributed by atoms with Crippen LogP contribution in [0.3, 0.4) is 0 Å². The Morgan fingerprint density at radius 3 is 2.79 bits per heavy atom. The fourth-order valence-corrected chi connectivity index (χ4v) is 2.89. The molecule has 0 spiro atoms. The van der Waals surface area contributed by atoms with E-state index < -0.39 is 0 Å². The summed E-state index contributed by atoms with van der Waals surface area (Å²) in [4.78, 5) is 11.9. The predicted octanol–water partition coefficient (Wildman–Crippen LogP) is 3.10. The Balaban J connectivity index is 2.11. The van der Waals surface area contributed by atoms with Gasteiger partial charge in [0, 0.05) is 13.0 Å². The maximum absolute atomic E-state index is 11.9. The van der Waals surface area contributed by atoms with Gasteiger partial charge >= 0.3 is 0 Å². The Bertz CT molecular complexity index is 237. The number of rotatable bonds is 10. The summed E-state index contributed by atoms with van der Waals surface area (Å²) in [6.07, 6.45) is 9.26. The van der Waals surface area contributed by atoms with Gasteiger partial charge in [0.1, 0.15) is 0 Å². The van der Waals surface area contributed by atoms with Crippen molar-refractivity contribution in [2.75, 3.05) is 19.6 Å². The molecule has 1 fully saturated rings. The summed E-state index contributed by atoms with van der Waals surface area (Å²) >= 11 is 0. The van der Waals surface area contributed by atoms with Crippen molar-refractivity contribution in [3.63, 3.8) is 0 Å². The van der Waals surface area contributed by atoms with Gasteiger partial charge < -0.3 is 10.6 Å². The van der Waals surface area contributed by atoms with Gasteiger partial charge in [0.25, 0.3) is 0 Å². The van der Waals surface area contributed by atoms with E-state index in [1.165, 1.54) is 38.5 Å². The van der Waals surface area contributed by atoms with Crippen LogP contribution in [0.2, 0.25) is 0 Å². The first kappa shape index (κ1) is 16.5. The van der Waals surface area contributed by atoms with Crippen molar-refractivity contribution in [3.05, 3.63) is 0 Å². The van der Waals surface area contributed by atoms with Gasteiger partial charge in [-0.05, 0) is 50.6 Å². The molecular formula is C16H32N2O. The van der Waals surface area contributed by atoms with Gasteiger partial charge in [0.05, 0.1) is 0 Å². The summed E-state index contributed by atoms with van der Waals surface area (Å²) in [5, 5.41) is 6.50. The molecule has 1 aliphatic rings. The monoisotopic (exact) mass is 268 g/mol. The third-order valence-corrected chi connectivity index (χ3v) is 4.19. The van der Waals surface area contributed by atoms with Gasteiger partial charge in [-0.3, -0.25) is 4.79 Å². The lowest BCUT2D eigenvalue weighted by molar-refractivity contribution is -0.121. The van der Waals surface area contributed by atoms with Gasteiger partial charge in [0.15, 0.2) is 0 Å². The van der Waals surface area contributed by atoms with Crippen molar-refractivity contribution >= 4 is 5.91 Å². The molecule has 3 heteroatoms. The average molecular weight is 268 g/mol. The minimum absolute atomic E-state index is 0.254. The molecule has 3 nitrogen and oxygen atoms in total. The summed E-state index contributed by atoms with van der Waals surface area (Å²) < 4.78 is 0. The summed E-state index contributed by atoms with van der Waals surface area (Å²) in [5.74, 6) is 1.66. The Labute approximate surface area is 118 Å². The lowest BCUT2D eigenvalue weighted by Crippen LogP contribution is -2.29. The van der Waals surface area contributed by atoms with E-state index in [2.05, 4.69) is 24.5 Å². The zero-order valence-electron chi connectivity index (χ0n) is 12.8. The summed E-state index contributed by atoms with van der Waals surface area (Å²) in [6.45, 7) is 7.57. The molecule has 112 valence electrons. The molecule has 0 radical (unpaired) electrons. The second-order valence-corrected chi connectivity index (χ2v) is 6.00. The van der Waals surface area contributed by atoms with Crippen LogP contribution in [-0.2, 0) is 4.79 Å². The molecule has 0 bridgehead atoms. The van der Waals surface area contributed by atoms with Crippen LogP contribution in [0, 0.1) is 11.8 Å². The van der Waals surface area contributed by atoms with Crippen molar-refractivity contribution in [2.24, 2.45) is 11.8 Å². The molecule has 2 unspecified atom stereocenters. The summed E-state index contributed by atoms with van der Waals surface area (Å²) in [5.41, 5.74) is 0. The third kappa shape index (κ3) is 7.56. The first-order valence-corrected chi connectivity index (χ1v) is 8.23. The number of hydrogen-bond donors (Lipinski definition) is 2. The maximum Gasteiger partial charge on any atom is 0.220 e. The first-order valence-electron chi connectivity index (χ1n) is 8.23. The number of hydrogen-bond acceptors (Lipinski definition) is 2. The van der Waals surface area contributed by atoms with Gasteiger partial charge in [-0.15, -0.1) is 0 Å². The van der Waals surface area contributed by atoms with E-state index in [1.54, 1.807) is 0 Å². The van der Waals surface area contributed by atoms with Crippen molar-refractivity contribution in [1.82, 2.24) is 10.6 Å². The lowest BCUT2D eigenvalue weighted by atomic mass is 9.97. The largest absolute Gasteiger partial charge is 0.356 e. The van der Waals surface area contributed by atoms with Gasteiger partial charge in [-0.25, -0.2) is 0 Å². The highest BCUT2D eigenvalue weighted by atomic mass is 16.1. The molecule has 0 aromatic carbocycles. The van der Waals surface area contributed by atoms with Crippen LogP contribution in [0.5, 0.6) is 0 Å². The maximum atomic E-state index is 11.9. The van der Waals surface area contributed by atoms with Crippen LogP contribution in [0.25, 0.3) is 0 Å². The zero-order chi connectivity index (χ0) is 13.9. The number of nitrogens with one attached hydrogen (secondary N) is 2. The summed E-state index contributed by atoms with van der Waals surface area (Å²) in [6, 6.07) is 0. The van der Waals surface area contributed by atoms with E-state index in [-0.39, 0.29) is 5.91 Å². The van der Waals surface area contributed by atoms with Crippen LogP contribution in [0.4, 0.5) is 0 Å². The molecule has 1 saturated heterocycles. The molecule has 1 rings (SSSR count). The standard InChI is InChI=1S/C16H32N2O/c1-3-5-7-14(6-4-2)13-18-16(19)9-8-15-10-11-17-12-15/h14-15,17H,3-13H2,1-2H3,(H,18,19). The van der Waals surface area contributed by atoms with Crippen molar-refractivity contribution in [3.8, 4) is 0 Å². The minimum Gasteiger partial charge on any atom is -0.356 e. The third-order valence-electron chi connectivity index (χ3n) is 4.19. The molecule has 1 amide bonds. The van der Waals surface area contributed by atoms with Crippen molar-refractivity contribution in [1.29, 1.82) is 0 Å². The quantitative estimate of drug-likeness (QED) is 0.639. The fourth-order valence-electron chi connectivity index (χ4n) is 2.89. The van der Waals surface area contributed by atoms with E-state index in [0.717, 1.165) is 32.0 Å². The molecule has 1 heterocycles. The van der Waals surface area contributed by atoms with Crippen LogP contribution in [0.15, 0.2) is 0 Å². The Kier molecular flexibility index (Phi) is 8.89. The van der Waals surface area contributed by atoms with Crippen molar-refractivity contribution < 1.29 is 4.79 Å². The van der Waals surface area contributed by atoms with E-state index in [0.29, 0.717) is 12.3 Å². The topological polar surface area (TPSA) is 41.1 Å². The molecule has 1 aliphatic heterocycles. The second kappa shape index (κ2) is 10.2. The average Bonchev–Trinajstić information content (AvgIpc) is 2.92. The second-order valence-electron chi connectivity index (χ2n) is 6.00. The lowest BCUT2D eigenvalue weighted by Gasteiger charge is -2.17. The van der Waals surface area contributed by atoms with Crippen LogP contribution >= 0.6 is 0 Å². The van der Waals surface area contributed by atoms with Crippen molar-refractivity contribution in [2.45, 2.75) is 65.2 Å². The number of carbonyl (C=O) groups excluding carboxylic acids is 1. The highest BCUT2D eigenvalue weighted by Crippen LogP contribution is 2.15. The molecule has 0 aromatic rings. The molecular weight excluding hydrogens is 236 g/mol.